The number of fused-ring (bicyclic) bond motifs is 1. The topological polar surface area (TPSA) is 76.3 Å². The number of carbonyl (C=O) groups excluding carboxylic acids is 2. The van der Waals surface area contributed by atoms with Gasteiger partial charge < -0.3 is 10.6 Å². The number of hydrogen-bond acceptors (Lipinski definition) is 3. The number of aryl methyl sites for hydroxylation is 1. The van der Waals surface area contributed by atoms with Gasteiger partial charge in [0.25, 0.3) is 5.91 Å². The normalized spacial score (nSPS) is 21.3. The van der Waals surface area contributed by atoms with Crippen molar-refractivity contribution in [1.82, 2.24) is 9.88 Å². The summed E-state index contributed by atoms with van der Waals surface area (Å²) in [7, 11) is 0. The van der Waals surface area contributed by atoms with Crippen molar-refractivity contribution in [3.05, 3.63) is 41.6 Å². The lowest BCUT2D eigenvalue weighted by atomic mass is 10.1. The van der Waals surface area contributed by atoms with Gasteiger partial charge in [-0.2, -0.15) is 0 Å². The van der Waals surface area contributed by atoms with Crippen molar-refractivity contribution in [3.63, 3.8) is 0 Å². The lowest BCUT2D eigenvalue weighted by Gasteiger charge is -2.21. The van der Waals surface area contributed by atoms with Crippen LogP contribution in [-0.4, -0.2) is 40.5 Å². The minimum absolute atomic E-state index is 0.0323. The molecule has 0 radical (unpaired) electrons. The van der Waals surface area contributed by atoms with Crippen molar-refractivity contribution in [2.75, 3.05) is 6.54 Å². The Morgan fingerprint density at radius 1 is 1.32 bits per heavy atom. The van der Waals surface area contributed by atoms with Gasteiger partial charge in [-0.05, 0) is 31.2 Å². The lowest BCUT2D eigenvalue weighted by molar-refractivity contribution is -0.121. The fraction of sp³-hybridized carbons (Fsp3) is 0.312. The number of pyridine rings is 1. The molecule has 2 amide bonds. The number of nitrogens with two attached hydrogens (primary N) is 1. The first-order valence-corrected chi connectivity index (χ1v) is 7.07. The number of primary amides is 1. The minimum Gasteiger partial charge on any atom is -0.368 e. The van der Waals surface area contributed by atoms with Gasteiger partial charge in [-0.3, -0.25) is 14.6 Å². The minimum atomic E-state index is -1.22. The fourth-order valence-corrected chi connectivity index (χ4v) is 2.81. The molecule has 1 aromatic heterocycles. The van der Waals surface area contributed by atoms with Crippen LogP contribution in [0.25, 0.3) is 10.9 Å². The molecule has 2 heterocycles. The van der Waals surface area contributed by atoms with E-state index in [1.54, 1.807) is 18.2 Å². The Morgan fingerprint density at radius 3 is 2.82 bits per heavy atom. The number of rotatable bonds is 2. The average molecular weight is 301 g/mol. The summed E-state index contributed by atoms with van der Waals surface area (Å²) in [5.41, 5.74) is 7.34. The van der Waals surface area contributed by atoms with Crippen LogP contribution in [-0.2, 0) is 4.79 Å². The van der Waals surface area contributed by atoms with Gasteiger partial charge in [-0.1, -0.05) is 6.07 Å². The van der Waals surface area contributed by atoms with E-state index < -0.39 is 18.1 Å². The fourth-order valence-electron chi connectivity index (χ4n) is 2.81. The first-order chi connectivity index (χ1) is 10.5. The van der Waals surface area contributed by atoms with Crippen LogP contribution in [0.1, 0.15) is 22.5 Å². The van der Waals surface area contributed by atoms with E-state index >= 15 is 0 Å². The van der Waals surface area contributed by atoms with Crippen molar-refractivity contribution >= 4 is 22.7 Å². The molecule has 0 aliphatic carbocycles. The summed E-state index contributed by atoms with van der Waals surface area (Å²) in [5, 5.41) is 0.822. The summed E-state index contributed by atoms with van der Waals surface area (Å²) in [4.78, 5) is 29.5. The van der Waals surface area contributed by atoms with Gasteiger partial charge in [0.05, 0.1) is 12.1 Å². The van der Waals surface area contributed by atoms with Gasteiger partial charge in [0.2, 0.25) is 5.91 Å². The van der Waals surface area contributed by atoms with E-state index in [-0.39, 0.29) is 18.9 Å². The molecule has 3 rings (SSSR count). The maximum absolute atomic E-state index is 13.5. The van der Waals surface area contributed by atoms with Gasteiger partial charge in [0, 0.05) is 23.1 Å². The summed E-state index contributed by atoms with van der Waals surface area (Å²) in [5.74, 6) is -1.06. The van der Waals surface area contributed by atoms with E-state index in [1.165, 1.54) is 4.90 Å². The number of nitrogens with zero attached hydrogens (tertiary/aromatic N) is 2. The molecule has 0 bridgehead atoms. The Labute approximate surface area is 126 Å². The molecule has 0 saturated carbocycles. The number of halogens is 1. The van der Waals surface area contributed by atoms with Crippen LogP contribution in [0, 0.1) is 6.92 Å². The highest BCUT2D eigenvalue weighted by molar-refractivity contribution is 6.00. The second kappa shape index (κ2) is 5.36. The molecular formula is C16H16FN3O2. The first-order valence-electron chi connectivity index (χ1n) is 7.07. The number of alkyl halides is 1. The first kappa shape index (κ1) is 14.4. The molecule has 1 aliphatic heterocycles. The standard InChI is InChI=1S/C16H16FN3O2/c1-9-2-3-10-6-11(4-5-13(10)19-9)16(22)20-8-12(17)7-14(20)15(18)21/h2-6,12,14H,7-8H2,1H3,(H2,18,21)/t12-,14+/m1/s1. The van der Waals surface area contributed by atoms with Gasteiger partial charge >= 0.3 is 0 Å². The highest BCUT2D eigenvalue weighted by Crippen LogP contribution is 2.24. The number of amides is 2. The van der Waals surface area contributed by atoms with Crippen molar-refractivity contribution in [3.8, 4) is 0 Å². The number of likely N-dealkylation sites (tertiary alicyclic amines) is 1. The largest absolute Gasteiger partial charge is 0.368 e. The third-order valence-corrected chi connectivity index (χ3v) is 3.91. The van der Waals surface area contributed by atoms with Crippen LogP contribution < -0.4 is 5.73 Å². The molecule has 22 heavy (non-hydrogen) atoms. The van der Waals surface area contributed by atoms with Crippen LogP contribution in [0.5, 0.6) is 0 Å². The Morgan fingerprint density at radius 2 is 2.09 bits per heavy atom. The predicted octanol–water partition coefficient (Wildman–Crippen LogP) is 1.58. The summed E-state index contributed by atoms with van der Waals surface area (Å²) in [6, 6.07) is 7.94. The smallest absolute Gasteiger partial charge is 0.254 e. The summed E-state index contributed by atoms with van der Waals surface area (Å²) < 4.78 is 13.5. The molecule has 6 heteroatoms. The van der Waals surface area contributed by atoms with Crippen molar-refractivity contribution in [1.29, 1.82) is 0 Å². The Bertz CT molecular complexity index is 762. The third kappa shape index (κ3) is 2.52. The molecule has 2 aromatic rings. The Kier molecular flexibility index (Phi) is 3.52. The van der Waals surface area contributed by atoms with Crippen LogP contribution in [0.15, 0.2) is 30.3 Å². The van der Waals surface area contributed by atoms with Crippen molar-refractivity contribution in [2.45, 2.75) is 25.6 Å². The molecule has 5 nitrogen and oxygen atoms in total. The second-order valence-corrected chi connectivity index (χ2v) is 5.57. The number of carbonyl (C=O) groups is 2. The molecule has 0 unspecified atom stereocenters. The molecule has 1 aromatic carbocycles. The molecule has 1 fully saturated rings. The molecule has 1 saturated heterocycles. The van der Waals surface area contributed by atoms with E-state index in [4.69, 9.17) is 5.73 Å². The zero-order chi connectivity index (χ0) is 15.9. The number of benzene rings is 1. The third-order valence-electron chi connectivity index (χ3n) is 3.91. The molecule has 2 N–H and O–H groups in total. The van der Waals surface area contributed by atoms with E-state index in [0.717, 1.165) is 16.6 Å². The van der Waals surface area contributed by atoms with Gasteiger partial charge in [-0.15, -0.1) is 0 Å². The highest BCUT2D eigenvalue weighted by Gasteiger charge is 2.39. The van der Waals surface area contributed by atoms with Crippen LogP contribution in [0.4, 0.5) is 4.39 Å². The summed E-state index contributed by atoms with van der Waals surface area (Å²) in [6.45, 7) is 1.79. The van der Waals surface area contributed by atoms with Crippen LogP contribution >= 0.6 is 0 Å². The molecule has 1 aliphatic rings. The second-order valence-electron chi connectivity index (χ2n) is 5.57. The number of hydrogen-bond donors (Lipinski definition) is 1. The average Bonchev–Trinajstić information content (AvgIpc) is 2.88. The van der Waals surface area contributed by atoms with Gasteiger partial charge in [-0.25, -0.2) is 4.39 Å². The maximum atomic E-state index is 13.5. The van der Waals surface area contributed by atoms with E-state index in [2.05, 4.69) is 4.98 Å². The highest BCUT2D eigenvalue weighted by atomic mass is 19.1. The summed E-state index contributed by atoms with van der Waals surface area (Å²) in [6.07, 6.45) is -1.25. The lowest BCUT2D eigenvalue weighted by Crippen LogP contribution is -2.43. The van der Waals surface area contributed by atoms with Crippen molar-refractivity contribution in [2.24, 2.45) is 5.73 Å². The van der Waals surface area contributed by atoms with E-state index in [9.17, 15) is 14.0 Å². The number of aromatic nitrogens is 1. The zero-order valence-electron chi connectivity index (χ0n) is 12.1. The monoisotopic (exact) mass is 301 g/mol. The van der Waals surface area contributed by atoms with Gasteiger partial charge in [0.1, 0.15) is 12.2 Å². The summed E-state index contributed by atoms with van der Waals surface area (Å²) >= 11 is 0. The molecule has 0 spiro atoms. The predicted molar refractivity (Wildman–Crippen MR) is 80.0 cm³/mol. The molecular weight excluding hydrogens is 285 g/mol. The van der Waals surface area contributed by atoms with Crippen LogP contribution in [0.3, 0.4) is 0 Å². The Hall–Kier alpha value is -2.50. The molecule has 2 atom stereocenters. The van der Waals surface area contributed by atoms with E-state index in [1.807, 2.05) is 19.1 Å². The SMILES string of the molecule is Cc1ccc2cc(C(=O)N3C[C@H](F)C[C@H]3C(N)=O)ccc2n1. The zero-order valence-corrected chi connectivity index (χ0v) is 12.1. The maximum Gasteiger partial charge on any atom is 0.254 e. The van der Waals surface area contributed by atoms with Crippen molar-refractivity contribution < 1.29 is 14.0 Å². The van der Waals surface area contributed by atoms with E-state index in [0.29, 0.717) is 5.56 Å². The van der Waals surface area contributed by atoms with Crippen LogP contribution in [0.2, 0.25) is 0 Å². The molecule has 114 valence electrons. The Balaban J connectivity index is 1.94. The quantitative estimate of drug-likeness (QED) is 0.915. The van der Waals surface area contributed by atoms with Gasteiger partial charge in [0.15, 0.2) is 0 Å².